The summed E-state index contributed by atoms with van der Waals surface area (Å²) in [5.41, 5.74) is 1.52. The van der Waals surface area contributed by atoms with Crippen LogP contribution < -0.4 is 5.32 Å². The zero-order chi connectivity index (χ0) is 10.7. The molecule has 2 atom stereocenters. The van der Waals surface area contributed by atoms with Crippen molar-refractivity contribution in [3.63, 3.8) is 0 Å². The van der Waals surface area contributed by atoms with E-state index in [-0.39, 0.29) is 0 Å². The summed E-state index contributed by atoms with van der Waals surface area (Å²) in [5.74, 6) is 1.29. The van der Waals surface area contributed by atoms with E-state index >= 15 is 0 Å². The molecule has 0 aromatic carbocycles. The average Bonchev–Trinajstić information content (AvgIpc) is 2.83. The predicted molar refractivity (Wildman–Crippen MR) is 70.9 cm³/mol. The first-order valence-electron chi connectivity index (χ1n) is 5.69. The fourth-order valence-electron chi connectivity index (χ4n) is 2.03. The zero-order valence-corrected chi connectivity index (χ0v) is 11.1. The molecule has 2 rings (SSSR count). The van der Waals surface area contributed by atoms with E-state index in [1.54, 1.807) is 0 Å². The molecule has 1 aliphatic heterocycles. The maximum absolute atomic E-state index is 3.68. The first kappa shape index (κ1) is 11.5. The van der Waals surface area contributed by atoms with E-state index in [4.69, 9.17) is 0 Å². The molecule has 84 valence electrons. The van der Waals surface area contributed by atoms with Gasteiger partial charge in [0.1, 0.15) is 0 Å². The molecule has 0 spiro atoms. The molecule has 1 aromatic heterocycles. The van der Waals surface area contributed by atoms with Crippen LogP contribution in [-0.4, -0.2) is 17.0 Å². The quantitative estimate of drug-likeness (QED) is 0.868. The maximum atomic E-state index is 3.68. The lowest BCUT2D eigenvalue weighted by molar-refractivity contribution is 0.540. The molecule has 1 aliphatic rings. The standard InChI is InChI=1S/C12H19NS2/c1-3-10-4-5-14-12(10)7-13-11-6-9(2)15-8-11/h4-5,9,11,13H,3,6-8H2,1-2H3. The van der Waals surface area contributed by atoms with Crippen molar-refractivity contribution >= 4 is 23.1 Å². The Morgan fingerprint density at radius 1 is 1.53 bits per heavy atom. The molecular formula is C12H19NS2. The Kier molecular flexibility index (Phi) is 4.12. The molecule has 1 fully saturated rings. The highest BCUT2D eigenvalue weighted by Crippen LogP contribution is 2.26. The minimum absolute atomic E-state index is 0.733. The monoisotopic (exact) mass is 241 g/mol. The first-order valence-corrected chi connectivity index (χ1v) is 7.62. The van der Waals surface area contributed by atoms with Gasteiger partial charge in [0.15, 0.2) is 0 Å². The molecule has 0 radical (unpaired) electrons. The van der Waals surface area contributed by atoms with E-state index in [0.29, 0.717) is 0 Å². The summed E-state index contributed by atoms with van der Waals surface area (Å²) in [6.45, 7) is 5.63. The summed E-state index contributed by atoms with van der Waals surface area (Å²) in [6.07, 6.45) is 2.49. The number of thiophene rings is 1. The van der Waals surface area contributed by atoms with Crippen LogP contribution in [0.4, 0.5) is 0 Å². The Morgan fingerprint density at radius 3 is 3.07 bits per heavy atom. The van der Waals surface area contributed by atoms with Crippen LogP contribution in [0.5, 0.6) is 0 Å². The predicted octanol–water partition coefficient (Wildman–Crippen LogP) is 3.29. The van der Waals surface area contributed by atoms with Crippen molar-refractivity contribution in [3.8, 4) is 0 Å². The third kappa shape index (κ3) is 2.99. The van der Waals surface area contributed by atoms with E-state index in [2.05, 4.69) is 42.4 Å². The topological polar surface area (TPSA) is 12.0 Å². The van der Waals surface area contributed by atoms with E-state index < -0.39 is 0 Å². The molecule has 0 amide bonds. The van der Waals surface area contributed by atoms with Gasteiger partial charge in [-0.15, -0.1) is 11.3 Å². The summed E-state index contributed by atoms with van der Waals surface area (Å²) >= 11 is 3.98. The molecule has 1 N–H and O–H groups in total. The van der Waals surface area contributed by atoms with Crippen molar-refractivity contribution in [2.45, 2.75) is 44.5 Å². The number of nitrogens with one attached hydrogen (secondary N) is 1. The third-order valence-corrected chi connectivity index (χ3v) is 5.29. The molecule has 0 bridgehead atoms. The van der Waals surface area contributed by atoms with Gasteiger partial charge >= 0.3 is 0 Å². The second-order valence-corrected chi connectivity index (χ2v) is 6.65. The smallest absolute Gasteiger partial charge is 0.0305 e. The van der Waals surface area contributed by atoms with Crippen molar-refractivity contribution < 1.29 is 0 Å². The van der Waals surface area contributed by atoms with E-state index in [1.807, 2.05) is 11.3 Å². The number of aryl methyl sites for hydroxylation is 1. The Balaban J connectivity index is 1.83. The molecule has 2 heterocycles. The largest absolute Gasteiger partial charge is 0.308 e. The number of rotatable bonds is 4. The number of hydrogen-bond donors (Lipinski definition) is 1. The van der Waals surface area contributed by atoms with E-state index in [0.717, 1.165) is 24.3 Å². The highest BCUT2D eigenvalue weighted by molar-refractivity contribution is 8.00. The van der Waals surface area contributed by atoms with Crippen LogP contribution in [0.25, 0.3) is 0 Å². The fourth-order valence-corrected chi connectivity index (χ4v) is 4.14. The lowest BCUT2D eigenvalue weighted by Crippen LogP contribution is -2.28. The normalized spacial score (nSPS) is 26.0. The van der Waals surface area contributed by atoms with Gasteiger partial charge in [-0.05, 0) is 29.9 Å². The van der Waals surface area contributed by atoms with E-state index in [9.17, 15) is 0 Å². The Morgan fingerprint density at radius 2 is 2.40 bits per heavy atom. The summed E-state index contributed by atoms with van der Waals surface area (Å²) in [5, 5.41) is 6.73. The van der Waals surface area contributed by atoms with Gasteiger partial charge in [-0.25, -0.2) is 0 Å². The molecule has 3 heteroatoms. The minimum Gasteiger partial charge on any atom is -0.308 e. The van der Waals surface area contributed by atoms with Gasteiger partial charge in [-0.3, -0.25) is 0 Å². The van der Waals surface area contributed by atoms with Crippen molar-refractivity contribution in [2.75, 3.05) is 5.75 Å². The molecule has 0 aliphatic carbocycles. The summed E-state index contributed by atoms with van der Waals surface area (Å²) < 4.78 is 0. The molecule has 15 heavy (non-hydrogen) atoms. The van der Waals surface area contributed by atoms with Crippen LogP contribution in [0, 0.1) is 0 Å². The maximum Gasteiger partial charge on any atom is 0.0305 e. The molecule has 0 saturated carbocycles. The van der Waals surface area contributed by atoms with Crippen LogP contribution in [0.3, 0.4) is 0 Å². The molecule has 2 unspecified atom stereocenters. The Hall–Kier alpha value is 0.01000. The van der Waals surface area contributed by atoms with Crippen LogP contribution in [-0.2, 0) is 13.0 Å². The highest BCUT2D eigenvalue weighted by atomic mass is 32.2. The van der Waals surface area contributed by atoms with Gasteiger partial charge < -0.3 is 5.32 Å². The Labute approximate surface area is 101 Å². The first-order chi connectivity index (χ1) is 7.29. The van der Waals surface area contributed by atoms with Gasteiger partial charge in [0.2, 0.25) is 0 Å². The van der Waals surface area contributed by atoms with Crippen LogP contribution in [0.1, 0.15) is 30.7 Å². The number of thioether (sulfide) groups is 1. The van der Waals surface area contributed by atoms with Crippen molar-refractivity contribution in [1.82, 2.24) is 5.32 Å². The van der Waals surface area contributed by atoms with Crippen molar-refractivity contribution in [2.24, 2.45) is 0 Å². The number of hydrogen-bond acceptors (Lipinski definition) is 3. The second kappa shape index (κ2) is 5.37. The summed E-state index contributed by atoms with van der Waals surface area (Å²) in [7, 11) is 0. The average molecular weight is 241 g/mol. The van der Waals surface area contributed by atoms with Gasteiger partial charge in [0.05, 0.1) is 0 Å². The van der Waals surface area contributed by atoms with Gasteiger partial charge in [0, 0.05) is 28.5 Å². The lowest BCUT2D eigenvalue weighted by atomic mass is 10.2. The van der Waals surface area contributed by atoms with Gasteiger partial charge in [0.25, 0.3) is 0 Å². The summed E-state index contributed by atoms with van der Waals surface area (Å²) in [6, 6.07) is 2.99. The minimum atomic E-state index is 0.733. The summed E-state index contributed by atoms with van der Waals surface area (Å²) in [4.78, 5) is 1.53. The lowest BCUT2D eigenvalue weighted by Gasteiger charge is -2.11. The third-order valence-electron chi connectivity index (χ3n) is 2.97. The van der Waals surface area contributed by atoms with Crippen molar-refractivity contribution in [1.29, 1.82) is 0 Å². The van der Waals surface area contributed by atoms with Crippen LogP contribution >= 0.6 is 23.1 Å². The molecular weight excluding hydrogens is 222 g/mol. The molecule has 1 aromatic rings. The Bertz CT molecular complexity index is 308. The van der Waals surface area contributed by atoms with Crippen LogP contribution in [0.15, 0.2) is 11.4 Å². The SMILES string of the molecule is CCc1ccsc1CNC1CSC(C)C1. The van der Waals surface area contributed by atoms with E-state index in [1.165, 1.54) is 22.6 Å². The van der Waals surface area contributed by atoms with Gasteiger partial charge in [-0.1, -0.05) is 13.8 Å². The molecule has 1 nitrogen and oxygen atoms in total. The van der Waals surface area contributed by atoms with Crippen LogP contribution in [0.2, 0.25) is 0 Å². The van der Waals surface area contributed by atoms with Gasteiger partial charge in [-0.2, -0.15) is 11.8 Å². The highest BCUT2D eigenvalue weighted by Gasteiger charge is 2.21. The second-order valence-electron chi connectivity index (χ2n) is 4.18. The fraction of sp³-hybridized carbons (Fsp3) is 0.667. The van der Waals surface area contributed by atoms with Crippen molar-refractivity contribution in [3.05, 3.63) is 21.9 Å². The molecule has 1 saturated heterocycles. The zero-order valence-electron chi connectivity index (χ0n) is 9.45.